The van der Waals surface area contributed by atoms with Crippen molar-refractivity contribution in [1.82, 2.24) is 5.32 Å². The van der Waals surface area contributed by atoms with Gasteiger partial charge in [0.05, 0.1) is 10.7 Å². The minimum absolute atomic E-state index is 0.0204. The van der Waals surface area contributed by atoms with Gasteiger partial charge in [-0.25, -0.2) is 12.8 Å². The molecule has 0 aliphatic heterocycles. The predicted octanol–water partition coefficient (Wildman–Crippen LogP) is 0.481. The third-order valence-electron chi connectivity index (χ3n) is 2.57. The minimum Gasteiger partial charge on any atom is -0.392 e. The second-order valence-electron chi connectivity index (χ2n) is 4.35. The highest BCUT2D eigenvalue weighted by molar-refractivity contribution is 7.90. The van der Waals surface area contributed by atoms with Crippen molar-refractivity contribution in [3.8, 4) is 0 Å². The number of carbonyl (C=O) groups excluding carboxylic acids is 1. The third-order valence-corrected chi connectivity index (χ3v) is 3.60. The van der Waals surface area contributed by atoms with E-state index >= 15 is 0 Å². The van der Waals surface area contributed by atoms with Crippen LogP contribution < -0.4 is 11.1 Å². The average molecular weight is 319 g/mol. The fourth-order valence-electron chi connectivity index (χ4n) is 1.60. The minimum atomic E-state index is -3.16. The molecule has 0 aliphatic rings. The van der Waals surface area contributed by atoms with Gasteiger partial charge in [0.2, 0.25) is 0 Å². The van der Waals surface area contributed by atoms with Crippen LogP contribution in [0.25, 0.3) is 0 Å². The molecule has 0 atom stereocenters. The Balaban J connectivity index is 2.83. The number of rotatable bonds is 6. The molecule has 0 heterocycles. The van der Waals surface area contributed by atoms with Crippen LogP contribution in [0.4, 0.5) is 15.8 Å². The van der Waals surface area contributed by atoms with Crippen molar-refractivity contribution in [1.29, 1.82) is 0 Å². The second kappa shape index (κ2) is 6.48. The number of nitrogens with one attached hydrogen (secondary N) is 1. The maximum absolute atomic E-state index is 13.6. The largest absolute Gasteiger partial charge is 0.392 e. The van der Waals surface area contributed by atoms with Crippen molar-refractivity contribution < 1.29 is 22.5 Å². The molecular weight excluding hydrogens is 305 g/mol. The fourth-order valence-corrected chi connectivity index (χ4v) is 2.27. The van der Waals surface area contributed by atoms with Crippen LogP contribution in [0.1, 0.15) is 16.8 Å². The summed E-state index contributed by atoms with van der Waals surface area (Å²) in [7, 11) is -3.16. The van der Waals surface area contributed by atoms with Crippen LogP contribution in [-0.2, 0) is 9.84 Å². The van der Waals surface area contributed by atoms with Crippen LogP contribution in [0.15, 0.2) is 12.1 Å². The van der Waals surface area contributed by atoms with E-state index in [1.165, 1.54) is 0 Å². The lowest BCUT2D eigenvalue weighted by Gasteiger charge is -2.08. The van der Waals surface area contributed by atoms with Gasteiger partial charge in [0.15, 0.2) is 0 Å². The smallest absolute Gasteiger partial charge is 0.293 e. The van der Waals surface area contributed by atoms with E-state index in [1.54, 1.807) is 0 Å². The van der Waals surface area contributed by atoms with E-state index < -0.39 is 43.4 Å². The number of hydrogen-bond donors (Lipinski definition) is 2. The first-order valence-electron chi connectivity index (χ1n) is 5.82. The van der Waals surface area contributed by atoms with Crippen LogP contribution >= 0.6 is 0 Å². The third kappa shape index (κ3) is 4.67. The van der Waals surface area contributed by atoms with Crippen LogP contribution in [-0.4, -0.2) is 37.8 Å². The zero-order chi connectivity index (χ0) is 16.2. The maximum Gasteiger partial charge on any atom is 0.293 e. The molecule has 0 saturated carbocycles. The van der Waals surface area contributed by atoms with Crippen molar-refractivity contribution in [2.75, 3.05) is 24.3 Å². The standard InChI is InChI=1S/C11H14FN3O5S/c1-21(19,20)6-2-5-14-11(16)9-7(12)3-4-8(10(9)13)15(17)18/h3-4H,2,5-6,13H2,1H3,(H,14,16). The summed E-state index contributed by atoms with van der Waals surface area (Å²) < 4.78 is 35.4. The molecule has 0 unspecified atom stereocenters. The van der Waals surface area contributed by atoms with Gasteiger partial charge in [0.25, 0.3) is 11.6 Å². The first-order chi connectivity index (χ1) is 9.63. The number of amides is 1. The number of nitrogens with two attached hydrogens (primary N) is 1. The highest BCUT2D eigenvalue weighted by atomic mass is 32.2. The first kappa shape index (κ1) is 16.8. The van der Waals surface area contributed by atoms with Gasteiger partial charge in [0, 0.05) is 18.9 Å². The van der Waals surface area contributed by atoms with E-state index in [2.05, 4.69) is 5.32 Å². The monoisotopic (exact) mass is 319 g/mol. The Morgan fingerprint density at radius 1 is 1.48 bits per heavy atom. The molecule has 10 heteroatoms. The van der Waals surface area contributed by atoms with E-state index in [4.69, 9.17) is 5.73 Å². The topological polar surface area (TPSA) is 132 Å². The molecule has 0 spiro atoms. The fraction of sp³-hybridized carbons (Fsp3) is 0.364. The van der Waals surface area contributed by atoms with Gasteiger partial charge in [-0.05, 0) is 12.5 Å². The summed E-state index contributed by atoms with van der Waals surface area (Å²) in [6, 6.07) is 1.64. The number of hydrogen-bond acceptors (Lipinski definition) is 6. The summed E-state index contributed by atoms with van der Waals surface area (Å²) in [5.41, 5.74) is 3.66. The average Bonchev–Trinajstić information content (AvgIpc) is 2.33. The molecule has 1 amide bonds. The Bertz CT molecular complexity index is 675. The van der Waals surface area contributed by atoms with Gasteiger partial charge in [-0.2, -0.15) is 0 Å². The number of benzene rings is 1. The summed E-state index contributed by atoms with van der Waals surface area (Å²) in [6.07, 6.45) is 1.19. The van der Waals surface area contributed by atoms with E-state index in [9.17, 15) is 27.7 Å². The van der Waals surface area contributed by atoms with Gasteiger partial charge in [-0.1, -0.05) is 0 Å². The number of nitrogen functional groups attached to an aromatic ring is 1. The zero-order valence-electron chi connectivity index (χ0n) is 11.1. The summed E-state index contributed by atoms with van der Waals surface area (Å²) in [5.74, 6) is -2.05. The van der Waals surface area contributed by atoms with Crippen molar-refractivity contribution in [2.24, 2.45) is 0 Å². The predicted molar refractivity (Wildman–Crippen MR) is 74.1 cm³/mol. The second-order valence-corrected chi connectivity index (χ2v) is 6.61. The number of carbonyl (C=O) groups is 1. The summed E-state index contributed by atoms with van der Waals surface area (Å²) in [6.45, 7) is -0.0204. The van der Waals surface area contributed by atoms with E-state index in [1.807, 2.05) is 0 Å². The Hall–Kier alpha value is -2.23. The molecule has 0 fully saturated rings. The number of halogens is 1. The molecule has 1 aromatic carbocycles. The number of anilines is 1. The zero-order valence-corrected chi connectivity index (χ0v) is 11.9. The number of sulfone groups is 1. The van der Waals surface area contributed by atoms with Crippen LogP contribution in [0.2, 0.25) is 0 Å². The lowest BCUT2D eigenvalue weighted by Crippen LogP contribution is -2.27. The van der Waals surface area contributed by atoms with Crippen molar-refractivity contribution in [3.63, 3.8) is 0 Å². The van der Waals surface area contributed by atoms with Crippen LogP contribution in [0, 0.1) is 15.9 Å². The lowest BCUT2D eigenvalue weighted by atomic mass is 10.1. The van der Waals surface area contributed by atoms with E-state index in [-0.39, 0.29) is 18.7 Å². The normalized spacial score (nSPS) is 11.1. The van der Waals surface area contributed by atoms with Gasteiger partial charge >= 0.3 is 0 Å². The van der Waals surface area contributed by atoms with E-state index in [0.29, 0.717) is 0 Å². The van der Waals surface area contributed by atoms with Gasteiger partial charge in [-0.15, -0.1) is 0 Å². The molecule has 0 bridgehead atoms. The molecular formula is C11H14FN3O5S. The van der Waals surface area contributed by atoms with Gasteiger partial charge < -0.3 is 11.1 Å². The van der Waals surface area contributed by atoms with Crippen molar-refractivity contribution >= 4 is 27.1 Å². The van der Waals surface area contributed by atoms with Gasteiger partial charge in [0.1, 0.15) is 26.9 Å². The van der Waals surface area contributed by atoms with Gasteiger partial charge in [-0.3, -0.25) is 14.9 Å². The Labute approximate surface area is 120 Å². The SMILES string of the molecule is CS(=O)(=O)CCCNC(=O)c1c(F)ccc([N+](=O)[O-])c1N. The molecule has 21 heavy (non-hydrogen) atoms. The highest BCUT2D eigenvalue weighted by Gasteiger charge is 2.23. The molecule has 1 rings (SSSR count). The highest BCUT2D eigenvalue weighted by Crippen LogP contribution is 2.27. The molecule has 0 saturated heterocycles. The Morgan fingerprint density at radius 2 is 2.10 bits per heavy atom. The summed E-state index contributed by atoms with van der Waals surface area (Å²) in [4.78, 5) is 21.6. The van der Waals surface area contributed by atoms with E-state index in [0.717, 1.165) is 18.4 Å². The van der Waals surface area contributed by atoms with Crippen LogP contribution in [0.3, 0.4) is 0 Å². The molecule has 8 nitrogen and oxygen atoms in total. The quantitative estimate of drug-likeness (QED) is 0.339. The summed E-state index contributed by atoms with van der Waals surface area (Å²) in [5, 5.41) is 13.0. The first-order valence-corrected chi connectivity index (χ1v) is 7.88. The Morgan fingerprint density at radius 3 is 2.62 bits per heavy atom. The maximum atomic E-state index is 13.6. The van der Waals surface area contributed by atoms with Crippen LogP contribution in [0.5, 0.6) is 0 Å². The molecule has 0 radical (unpaired) electrons. The Kier molecular flexibility index (Phi) is 5.19. The molecule has 1 aromatic rings. The summed E-state index contributed by atoms with van der Waals surface area (Å²) >= 11 is 0. The van der Waals surface area contributed by atoms with Crippen molar-refractivity contribution in [2.45, 2.75) is 6.42 Å². The molecule has 0 aromatic heterocycles. The molecule has 116 valence electrons. The molecule has 0 aliphatic carbocycles. The lowest BCUT2D eigenvalue weighted by molar-refractivity contribution is -0.384. The molecule has 3 N–H and O–H groups in total. The number of nitro groups is 1. The number of nitro benzene ring substituents is 1. The van der Waals surface area contributed by atoms with Crippen molar-refractivity contribution in [3.05, 3.63) is 33.6 Å². The number of nitrogens with zero attached hydrogens (tertiary/aromatic N) is 1.